The Labute approximate surface area is 172 Å². The van der Waals surface area contributed by atoms with E-state index in [-0.39, 0.29) is 11.3 Å². The van der Waals surface area contributed by atoms with Gasteiger partial charge in [-0.15, -0.1) is 0 Å². The molecular weight excluding hydrogens is 388 g/mol. The minimum atomic E-state index is -0.627. The molecule has 4 aromatic rings. The predicted octanol–water partition coefficient (Wildman–Crippen LogP) is 4.96. The third kappa shape index (κ3) is 3.65. The first kappa shape index (κ1) is 18.9. The summed E-state index contributed by atoms with van der Waals surface area (Å²) in [5.41, 5.74) is 1.03. The largest absolute Gasteiger partial charge is 0.453 e. The van der Waals surface area contributed by atoms with Gasteiger partial charge in [-0.1, -0.05) is 66.2 Å². The molecule has 0 N–H and O–H groups in total. The van der Waals surface area contributed by atoms with Crippen LogP contribution in [0.4, 0.5) is 0 Å². The lowest BCUT2D eigenvalue weighted by Gasteiger charge is -2.16. The lowest BCUT2D eigenvalue weighted by Crippen LogP contribution is -2.25. The van der Waals surface area contributed by atoms with Gasteiger partial charge in [-0.2, -0.15) is 9.78 Å². The normalized spacial score (nSPS) is 11.9. The average molecular weight is 405 g/mol. The van der Waals surface area contributed by atoms with Crippen LogP contribution in [0.1, 0.15) is 29.1 Å². The van der Waals surface area contributed by atoms with Gasteiger partial charge < -0.3 is 4.74 Å². The maximum absolute atomic E-state index is 13.0. The smallest absolute Gasteiger partial charge is 0.360 e. The van der Waals surface area contributed by atoms with Crippen LogP contribution < -0.4 is 5.56 Å². The molecule has 5 nitrogen and oxygen atoms in total. The van der Waals surface area contributed by atoms with Crippen LogP contribution in [0.5, 0.6) is 0 Å². The molecule has 0 saturated heterocycles. The fourth-order valence-corrected chi connectivity index (χ4v) is 3.46. The van der Waals surface area contributed by atoms with E-state index in [4.69, 9.17) is 16.3 Å². The lowest BCUT2D eigenvalue weighted by molar-refractivity contribution is 0.0331. The quantitative estimate of drug-likeness (QED) is 0.451. The minimum Gasteiger partial charge on any atom is -0.453 e. The van der Waals surface area contributed by atoms with Gasteiger partial charge in [0.15, 0.2) is 5.69 Å². The van der Waals surface area contributed by atoms with Crippen molar-refractivity contribution in [2.24, 2.45) is 0 Å². The van der Waals surface area contributed by atoms with Crippen molar-refractivity contribution in [2.45, 2.75) is 13.0 Å². The van der Waals surface area contributed by atoms with Crippen molar-refractivity contribution < 1.29 is 9.53 Å². The second-order valence-electron chi connectivity index (χ2n) is 6.52. The van der Waals surface area contributed by atoms with Crippen molar-refractivity contribution in [1.82, 2.24) is 9.78 Å². The molecule has 0 saturated carbocycles. The summed E-state index contributed by atoms with van der Waals surface area (Å²) in [6.07, 6.45) is -0.575. The van der Waals surface area contributed by atoms with Crippen LogP contribution in [0.3, 0.4) is 0 Å². The Kier molecular flexibility index (Phi) is 5.14. The highest BCUT2D eigenvalue weighted by atomic mass is 35.5. The molecule has 1 aromatic heterocycles. The Morgan fingerprint density at radius 1 is 0.931 bits per heavy atom. The number of esters is 1. The highest BCUT2D eigenvalue weighted by Gasteiger charge is 2.22. The van der Waals surface area contributed by atoms with Gasteiger partial charge in [-0.25, -0.2) is 4.79 Å². The molecule has 1 atom stereocenters. The Morgan fingerprint density at radius 2 is 1.55 bits per heavy atom. The number of aromatic nitrogens is 2. The van der Waals surface area contributed by atoms with Crippen LogP contribution in [-0.2, 0) is 4.74 Å². The molecule has 0 spiro atoms. The number of hydrogen-bond acceptors (Lipinski definition) is 4. The number of para-hydroxylation sites is 1. The van der Waals surface area contributed by atoms with Gasteiger partial charge in [-0.3, -0.25) is 4.79 Å². The summed E-state index contributed by atoms with van der Waals surface area (Å²) in [6.45, 7) is 1.74. The maximum atomic E-state index is 13.0. The Hall–Kier alpha value is -3.44. The van der Waals surface area contributed by atoms with Crippen molar-refractivity contribution in [3.63, 3.8) is 0 Å². The van der Waals surface area contributed by atoms with E-state index in [1.54, 1.807) is 67.6 Å². The molecule has 6 heteroatoms. The molecule has 0 bridgehead atoms. The summed E-state index contributed by atoms with van der Waals surface area (Å²) in [7, 11) is 0. The van der Waals surface area contributed by atoms with Crippen molar-refractivity contribution >= 4 is 28.3 Å². The molecule has 0 aliphatic rings. The van der Waals surface area contributed by atoms with Gasteiger partial charge in [-0.05, 0) is 31.2 Å². The SMILES string of the molecule is C[C@H](OC(=O)c1nn(-c2ccccc2)c(=O)c2ccccc12)c1ccccc1Cl. The molecule has 0 fully saturated rings. The second kappa shape index (κ2) is 7.89. The van der Waals surface area contributed by atoms with E-state index < -0.39 is 12.1 Å². The van der Waals surface area contributed by atoms with Gasteiger partial charge in [0.25, 0.3) is 5.56 Å². The first-order chi connectivity index (χ1) is 14.1. The van der Waals surface area contributed by atoms with E-state index >= 15 is 0 Å². The van der Waals surface area contributed by atoms with E-state index in [1.165, 1.54) is 4.68 Å². The predicted molar refractivity (Wildman–Crippen MR) is 113 cm³/mol. The zero-order chi connectivity index (χ0) is 20.4. The van der Waals surface area contributed by atoms with Crippen LogP contribution in [0.25, 0.3) is 16.5 Å². The lowest BCUT2D eigenvalue weighted by atomic mass is 10.1. The monoisotopic (exact) mass is 404 g/mol. The standard InChI is InChI=1S/C23H17ClN2O3/c1-15(17-11-7-8-14-20(17)24)29-23(28)21-18-12-5-6-13-19(18)22(27)26(25-21)16-9-3-2-4-10-16/h2-15H,1H3/t15-/m0/s1. The summed E-state index contributed by atoms with van der Waals surface area (Å²) in [4.78, 5) is 25.9. The summed E-state index contributed by atoms with van der Waals surface area (Å²) >= 11 is 6.22. The van der Waals surface area contributed by atoms with E-state index in [0.29, 0.717) is 27.0 Å². The van der Waals surface area contributed by atoms with E-state index in [0.717, 1.165) is 0 Å². The molecular formula is C23H17ClN2O3. The molecule has 0 radical (unpaired) electrons. The molecule has 144 valence electrons. The fraction of sp³-hybridized carbons (Fsp3) is 0.0870. The van der Waals surface area contributed by atoms with Crippen molar-refractivity contribution in [2.75, 3.05) is 0 Å². The third-order valence-electron chi connectivity index (χ3n) is 4.63. The Morgan fingerprint density at radius 3 is 2.28 bits per heavy atom. The molecule has 3 aromatic carbocycles. The third-order valence-corrected chi connectivity index (χ3v) is 4.97. The number of nitrogens with zero attached hydrogens (tertiary/aromatic N) is 2. The first-order valence-corrected chi connectivity index (χ1v) is 9.47. The topological polar surface area (TPSA) is 61.2 Å². The molecule has 4 rings (SSSR count). The minimum absolute atomic E-state index is 0.0722. The molecule has 0 aliphatic heterocycles. The van der Waals surface area contributed by atoms with E-state index in [2.05, 4.69) is 5.10 Å². The highest BCUT2D eigenvalue weighted by Crippen LogP contribution is 2.26. The zero-order valence-corrected chi connectivity index (χ0v) is 16.3. The molecule has 0 aliphatic carbocycles. The molecule has 29 heavy (non-hydrogen) atoms. The Balaban J connectivity index is 1.81. The van der Waals surface area contributed by atoms with Gasteiger partial charge >= 0.3 is 5.97 Å². The second-order valence-corrected chi connectivity index (χ2v) is 6.92. The van der Waals surface area contributed by atoms with Crippen molar-refractivity contribution in [3.05, 3.63) is 105 Å². The van der Waals surface area contributed by atoms with E-state index in [1.807, 2.05) is 18.2 Å². The van der Waals surface area contributed by atoms with Gasteiger partial charge in [0.1, 0.15) is 6.10 Å². The number of halogens is 1. The summed E-state index contributed by atoms with van der Waals surface area (Å²) < 4.78 is 6.86. The first-order valence-electron chi connectivity index (χ1n) is 9.09. The van der Waals surface area contributed by atoms with Gasteiger partial charge in [0.2, 0.25) is 0 Å². The van der Waals surface area contributed by atoms with Crippen molar-refractivity contribution in [1.29, 1.82) is 0 Å². The van der Waals surface area contributed by atoms with Gasteiger partial charge in [0, 0.05) is 16.0 Å². The molecule has 0 unspecified atom stereocenters. The number of benzene rings is 3. The summed E-state index contributed by atoms with van der Waals surface area (Å²) in [6, 6.07) is 23.0. The number of carbonyl (C=O) groups excluding carboxylic acids is 1. The van der Waals surface area contributed by atoms with Crippen LogP contribution in [-0.4, -0.2) is 15.7 Å². The number of carbonyl (C=O) groups is 1. The van der Waals surface area contributed by atoms with Crippen LogP contribution in [0, 0.1) is 0 Å². The summed E-state index contributed by atoms with van der Waals surface area (Å²) in [5.74, 6) is -0.627. The number of ether oxygens (including phenoxy) is 1. The summed E-state index contributed by atoms with van der Waals surface area (Å²) in [5, 5.41) is 5.69. The zero-order valence-electron chi connectivity index (χ0n) is 15.6. The molecule has 0 amide bonds. The molecule has 1 heterocycles. The fourth-order valence-electron chi connectivity index (χ4n) is 3.17. The maximum Gasteiger partial charge on any atom is 0.360 e. The van der Waals surface area contributed by atoms with Crippen molar-refractivity contribution in [3.8, 4) is 5.69 Å². The van der Waals surface area contributed by atoms with Crippen LogP contribution in [0.2, 0.25) is 5.02 Å². The van der Waals surface area contributed by atoms with Crippen LogP contribution in [0.15, 0.2) is 83.7 Å². The number of rotatable bonds is 4. The average Bonchev–Trinajstić information content (AvgIpc) is 2.75. The van der Waals surface area contributed by atoms with E-state index in [9.17, 15) is 9.59 Å². The highest BCUT2D eigenvalue weighted by molar-refractivity contribution is 6.31. The number of fused-ring (bicyclic) bond motifs is 1. The van der Waals surface area contributed by atoms with Crippen LogP contribution >= 0.6 is 11.6 Å². The van der Waals surface area contributed by atoms with Gasteiger partial charge in [0.05, 0.1) is 11.1 Å². The number of hydrogen-bond donors (Lipinski definition) is 0. The Bertz CT molecular complexity index is 1250.